The van der Waals surface area contributed by atoms with Gasteiger partial charge in [0.05, 0.1) is 5.02 Å². The third-order valence-corrected chi connectivity index (χ3v) is 2.96. The smallest absolute Gasteiger partial charge is 0.345 e. The summed E-state index contributed by atoms with van der Waals surface area (Å²) in [7, 11) is 0. The Morgan fingerprint density at radius 2 is 2.12 bits per heavy atom. The van der Waals surface area contributed by atoms with Crippen LogP contribution in [0.4, 0.5) is 0 Å². The van der Waals surface area contributed by atoms with Crippen LogP contribution < -0.4 is 4.74 Å². The topological polar surface area (TPSA) is 46.5 Å². The minimum atomic E-state index is -0.982. The summed E-state index contributed by atoms with van der Waals surface area (Å²) < 4.78 is 6.37. The molecular weight excluding hydrogens is 342 g/mol. The van der Waals surface area contributed by atoms with Crippen molar-refractivity contribution in [2.24, 2.45) is 5.92 Å². The highest BCUT2D eigenvalue weighted by molar-refractivity contribution is 14.1. The molecule has 16 heavy (non-hydrogen) atoms. The minimum Gasteiger partial charge on any atom is -0.478 e. The predicted molar refractivity (Wildman–Crippen MR) is 71.1 cm³/mol. The van der Waals surface area contributed by atoms with Gasteiger partial charge in [-0.05, 0) is 40.8 Å². The molecule has 0 bridgehead atoms. The van der Waals surface area contributed by atoms with Crippen LogP contribution in [0.5, 0.6) is 5.75 Å². The molecule has 0 saturated carbocycles. The maximum atomic E-state index is 11.0. The van der Waals surface area contributed by atoms with E-state index in [1.54, 1.807) is 26.0 Å². The third kappa shape index (κ3) is 3.52. The number of benzene rings is 1. The van der Waals surface area contributed by atoms with Crippen LogP contribution in [0, 0.1) is 9.49 Å². The number of hydrogen-bond donors (Lipinski definition) is 1. The Balaban J connectivity index is 2.90. The molecule has 1 aromatic carbocycles. The molecule has 3 nitrogen and oxygen atoms in total. The van der Waals surface area contributed by atoms with Gasteiger partial charge in [0.25, 0.3) is 0 Å². The minimum absolute atomic E-state index is 0.118. The third-order valence-electron chi connectivity index (χ3n) is 2.00. The van der Waals surface area contributed by atoms with Gasteiger partial charge in [-0.1, -0.05) is 25.4 Å². The van der Waals surface area contributed by atoms with Gasteiger partial charge in [-0.25, -0.2) is 4.79 Å². The predicted octanol–water partition coefficient (Wildman–Crippen LogP) is 3.43. The summed E-state index contributed by atoms with van der Waals surface area (Å²) in [6.45, 7) is 3.58. The first-order chi connectivity index (χ1) is 7.41. The van der Waals surface area contributed by atoms with Crippen LogP contribution in [0.3, 0.4) is 0 Å². The van der Waals surface area contributed by atoms with Gasteiger partial charge < -0.3 is 9.84 Å². The number of ether oxygens (including phenoxy) is 1. The molecule has 1 N–H and O–H groups in total. The summed E-state index contributed by atoms with van der Waals surface area (Å²) in [5, 5.41) is 9.41. The van der Waals surface area contributed by atoms with Gasteiger partial charge in [0.2, 0.25) is 0 Å². The largest absolute Gasteiger partial charge is 0.478 e. The second-order valence-corrected chi connectivity index (χ2v) is 5.35. The Labute approximate surface area is 113 Å². The highest BCUT2D eigenvalue weighted by Gasteiger charge is 2.24. The fraction of sp³-hybridized carbons (Fsp3) is 0.364. The van der Waals surface area contributed by atoms with Crippen molar-refractivity contribution in [3.63, 3.8) is 0 Å². The Kier molecular flexibility index (Phi) is 4.86. The van der Waals surface area contributed by atoms with Crippen molar-refractivity contribution in [2.75, 3.05) is 0 Å². The molecule has 0 aromatic heterocycles. The standard InChI is InChI=1S/C11H12ClIO3/c1-6(2)10(11(14)15)16-9-4-3-7(13)5-8(9)12/h3-6,10H,1-2H3,(H,14,15). The summed E-state index contributed by atoms with van der Waals surface area (Å²) in [4.78, 5) is 11.0. The summed E-state index contributed by atoms with van der Waals surface area (Å²) >= 11 is 8.09. The number of aliphatic carboxylic acids is 1. The van der Waals surface area contributed by atoms with Crippen LogP contribution in [0.1, 0.15) is 13.8 Å². The first kappa shape index (κ1) is 13.6. The highest BCUT2D eigenvalue weighted by atomic mass is 127. The first-order valence-electron chi connectivity index (χ1n) is 4.76. The molecule has 1 aromatic rings. The monoisotopic (exact) mass is 354 g/mol. The van der Waals surface area contributed by atoms with E-state index in [0.29, 0.717) is 10.8 Å². The number of hydrogen-bond acceptors (Lipinski definition) is 2. The maximum Gasteiger partial charge on any atom is 0.345 e. The van der Waals surface area contributed by atoms with Crippen molar-refractivity contribution in [1.29, 1.82) is 0 Å². The molecule has 0 aliphatic carbocycles. The summed E-state index contributed by atoms with van der Waals surface area (Å²) in [6, 6.07) is 5.24. The first-order valence-corrected chi connectivity index (χ1v) is 6.22. The fourth-order valence-electron chi connectivity index (χ4n) is 1.18. The average molecular weight is 355 g/mol. The summed E-state index contributed by atoms with van der Waals surface area (Å²) in [5.41, 5.74) is 0. The molecule has 1 rings (SSSR count). The molecule has 0 radical (unpaired) electrons. The van der Waals surface area contributed by atoms with Crippen molar-refractivity contribution >= 4 is 40.2 Å². The Bertz CT molecular complexity index is 393. The molecule has 0 aliphatic rings. The van der Waals surface area contributed by atoms with E-state index in [9.17, 15) is 4.79 Å². The van der Waals surface area contributed by atoms with E-state index in [1.165, 1.54) is 0 Å². The van der Waals surface area contributed by atoms with Crippen molar-refractivity contribution < 1.29 is 14.6 Å². The number of carboxylic acids is 1. The number of carboxylic acid groups (broad SMARTS) is 1. The molecule has 0 spiro atoms. The van der Waals surface area contributed by atoms with Crippen molar-refractivity contribution in [3.05, 3.63) is 26.8 Å². The van der Waals surface area contributed by atoms with Gasteiger partial charge in [0, 0.05) is 9.49 Å². The van der Waals surface area contributed by atoms with E-state index in [0.717, 1.165) is 3.57 Å². The van der Waals surface area contributed by atoms with Gasteiger partial charge in [-0.2, -0.15) is 0 Å². The van der Waals surface area contributed by atoms with Gasteiger partial charge >= 0.3 is 5.97 Å². The lowest BCUT2D eigenvalue weighted by atomic mass is 10.1. The van der Waals surface area contributed by atoms with E-state index < -0.39 is 12.1 Å². The Morgan fingerprint density at radius 1 is 1.50 bits per heavy atom. The lowest BCUT2D eigenvalue weighted by molar-refractivity contribution is -0.147. The highest BCUT2D eigenvalue weighted by Crippen LogP contribution is 2.28. The van der Waals surface area contributed by atoms with Gasteiger partial charge in [-0.15, -0.1) is 0 Å². The lowest BCUT2D eigenvalue weighted by Gasteiger charge is -2.19. The number of halogens is 2. The summed E-state index contributed by atoms with van der Waals surface area (Å²) in [5.74, 6) is -0.694. The Morgan fingerprint density at radius 3 is 2.56 bits per heavy atom. The Hall–Kier alpha value is -0.490. The van der Waals surface area contributed by atoms with Crippen LogP contribution in [0.15, 0.2) is 18.2 Å². The molecular formula is C11H12ClIO3. The molecule has 0 aliphatic heterocycles. The lowest BCUT2D eigenvalue weighted by Crippen LogP contribution is -2.32. The molecule has 0 amide bonds. The second-order valence-electron chi connectivity index (χ2n) is 3.70. The van der Waals surface area contributed by atoms with Crippen molar-refractivity contribution in [2.45, 2.75) is 20.0 Å². The molecule has 5 heteroatoms. The number of rotatable bonds is 4. The van der Waals surface area contributed by atoms with Crippen LogP contribution in [-0.2, 0) is 4.79 Å². The molecule has 0 saturated heterocycles. The maximum absolute atomic E-state index is 11.0. The van der Waals surface area contributed by atoms with E-state index in [-0.39, 0.29) is 5.92 Å². The van der Waals surface area contributed by atoms with E-state index in [4.69, 9.17) is 21.4 Å². The van der Waals surface area contributed by atoms with Gasteiger partial charge in [0.1, 0.15) is 5.75 Å². The van der Waals surface area contributed by atoms with Crippen LogP contribution in [0.25, 0.3) is 0 Å². The average Bonchev–Trinajstić information content (AvgIpc) is 2.15. The zero-order chi connectivity index (χ0) is 12.3. The zero-order valence-corrected chi connectivity index (χ0v) is 11.8. The van der Waals surface area contributed by atoms with Crippen LogP contribution in [-0.4, -0.2) is 17.2 Å². The molecule has 1 unspecified atom stereocenters. The molecule has 0 heterocycles. The quantitative estimate of drug-likeness (QED) is 0.843. The summed E-state index contributed by atoms with van der Waals surface area (Å²) in [6.07, 6.45) is -0.877. The molecule has 0 fully saturated rings. The van der Waals surface area contributed by atoms with E-state index in [1.807, 2.05) is 6.07 Å². The van der Waals surface area contributed by atoms with Crippen molar-refractivity contribution in [1.82, 2.24) is 0 Å². The number of carbonyl (C=O) groups is 1. The second kappa shape index (κ2) is 5.72. The normalized spacial score (nSPS) is 12.6. The van der Waals surface area contributed by atoms with E-state index in [2.05, 4.69) is 22.6 Å². The zero-order valence-electron chi connectivity index (χ0n) is 8.91. The van der Waals surface area contributed by atoms with Gasteiger partial charge in [-0.3, -0.25) is 0 Å². The van der Waals surface area contributed by atoms with E-state index >= 15 is 0 Å². The van der Waals surface area contributed by atoms with Gasteiger partial charge in [0.15, 0.2) is 6.10 Å². The molecule has 1 atom stereocenters. The molecule has 88 valence electrons. The van der Waals surface area contributed by atoms with Crippen LogP contribution in [0.2, 0.25) is 5.02 Å². The fourth-order valence-corrected chi connectivity index (χ4v) is 2.08. The SMILES string of the molecule is CC(C)C(Oc1ccc(I)cc1Cl)C(=O)O. The van der Waals surface area contributed by atoms with Crippen molar-refractivity contribution in [3.8, 4) is 5.75 Å². The van der Waals surface area contributed by atoms with Crippen LogP contribution >= 0.6 is 34.2 Å².